The minimum Gasteiger partial charge on any atom is -0.441 e. The topological polar surface area (TPSA) is 80.7 Å². The molecule has 0 aliphatic heterocycles. The number of nitrogen functional groups attached to an aromatic ring is 1. The summed E-state index contributed by atoms with van der Waals surface area (Å²) in [6, 6.07) is 6.92. The van der Waals surface area contributed by atoms with Gasteiger partial charge in [-0.05, 0) is 35.9 Å². The van der Waals surface area contributed by atoms with Crippen LogP contribution in [0.2, 0.25) is 5.22 Å². The molecule has 0 atom stereocenters. The van der Waals surface area contributed by atoms with Gasteiger partial charge < -0.3 is 15.1 Å². The summed E-state index contributed by atoms with van der Waals surface area (Å²) < 4.78 is 5.24. The van der Waals surface area contributed by atoms with Crippen molar-refractivity contribution in [3.8, 4) is 11.6 Å². The number of hydrogen-bond donors (Lipinski definition) is 2. The molecule has 0 amide bonds. The fourth-order valence-electron chi connectivity index (χ4n) is 1.47. The van der Waals surface area contributed by atoms with E-state index in [4.69, 9.17) is 21.8 Å². The lowest BCUT2D eigenvalue weighted by Crippen LogP contribution is -1.88. The number of rotatable bonds is 1. The van der Waals surface area contributed by atoms with Crippen molar-refractivity contribution < 1.29 is 4.42 Å². The number of H-pyrrole nitrogens is 1. The van der Waals surface area contributed by atoms with Gasteiger partial charge in [-0.2, -0.15) is 0 Å². The Balaban J connectivity index is 2.18. The number of imidazole rings is 1. The van der Waals surface area contributed by atoms with E-state index < -0.39 is 0 Å². The molecule has 0 saturated heterocycles. The van der Waals surface area contributed by atoms with Crippen LogP contribution in [0.1, 0.15) is 0 Å². The molecule has 0 aliphatic rings. The SMILES string of the molecule is Nc1ccc2[nH]c(-c3ccc(Cl)o3)nc2n1. The average Bonchev–Trinajstić information content (AvgIpc) is 2.83. The van der Waals surface area contributed by atoms with Gasteiger partial charge in [0, 0.05) is 0 Å². The van der Waals surface area contributed by atoms with Crippen LogP contribution < -0.4 is 5.73 Å². The quantitative estimate of drug-likeness (QED) is 0.678. The first-order valence-electron chi connectivity index (χ1n) is 4.60. The minimum atomic E-state index is 0.322. The van der Waals surface area contributed by atoms with Crippen LogP contribution >= 0.6 is 11.6 Å². The molecule has 0 bridgehead atoms. The highest BCUT2D eigenvalue weighted by Crippen LogP contribution is 2.24. The Hall–Kier alpha value is -2.01. The third kappa shape index (κ3) is 1.42. The van der Waals surface area contributed by atoms with Crippen LogP contribution in [0, 0.1) is 0 Å². The Bertz CT molecular complexity index is 658. The van der Waals surface area contributed by atoms with E-state index in [1.165, 1.54) is 0 Å². The van der Waals surface area contributed by atoms with Crippen molar-refractivity contribution >= 4 is 28.6 Å². The van der Waals surface area contributed by atoms with E-state index >= 15 is 0 Å². The Kier molecular flexibility index (Phi) is 1.87. The zero-order valence-corrected chi connectivity index (χ0v) is 8.82. The van der Waals surface area contributed by atoms with Crippen LogP contribution in [-0.2, 0) is 0 Å². The summed E-state index contributed by atoms with van der Waals surface area (Å²) in [6.07, 6.45) is 0. The first-order chi connectivity index (χ1) is 7.72. The number of nitrogens with one attached hydrogen (secondary N) is 1. The number of nitrogens with two attached hydrogens (primary N) is 1. The van der Waals surface area contributed by atoms with E-state index in [9.17, 15) is 0 Å². The molecule has 5 nitrogen and oxygen atoms in total. The fraction of sp³-hybridized carbons (Fsp3) is 0. The number of aromatic nitrogens is 3. The van der Waals surface area contributed by atoms with Gasteiger partial charge >= 0.3 is 0 Å². The number of fused-ring (bicyclic) bond motifs is 1. The molecule has 3 aromatic heterocycles. The molecule has 0 aliphatic carbocycles. The summed E-state index contributed by atoms with van der Waals surface area (Å²) in [5.41, 5.74) is 6.93. The highest BCUT2D eigenvalue weighted by molar-refractivity contribution is 6.28. The molecule has 0 aromatic carbocycles. The van der Waals surface area contributed by atoms with Gasteiger partial charge in [-0.25, -0.2) is 9.97 Å². The number of aromatic amines is 1. The van der Waals surface area contributed by atoms with Crippen molar-refractivity contribution in [1.29, 1.82) is 0 Å². The monoisotopic (exact) mass is 234 g/mol. The van der Waals surface area contributed by atoms with Crippen molar-refractivity contribution in [3.05, 3.63) is 29.5 Å². The molecule has 16 heavy (non-hydrogen) atoms. The van der Waals surface area contributed by atoms with E-state index in [2.05, 4.69) is 15.0 Å². The fourth-order valence-corrected chi connectivity index (χ4v) is 1.61. The molecular weight excluding hydrogens is 228 g/mol. The van der Waals surface area contributed by atoms with Crippen molar-refractivity contribution in [2.75, 3.05) is 5.73 Å². The van der Waals surface area contributed by atoms with E-state index in [-0.39, 0.29) is 0 Å². The lowest BCUT2D eigenvalue weighted by Gasteiger charge is -1.88. The van der Waals surface area contributed by atoms with Crippen LogP contribution in [0.25, 0.3) is 22.7 Å². The number of nitrogens with zero attached hydrogens (tertiary/aromatic N) is 2. The van der Waals surface area contributed by atoms with Gasteiger partial charge in [0.05, 0.1) is 5.52 Å². The highest BCUT2D eigenvalue weighted by Gasteiger charge is 2.09. The van der Waals surface area contributed by atoms with Gasteiger partial charge in [0.1, 0.15) is 5.82 Å². The van der Waals surface area contributed by atoms with Gasteiger partial charge in [-0.1, -0.05) is 0 Å². The third-order valence-corrected chi connectivity index (χ3v) is 2.38. The molecular formula is C10H7ClN4O. The number of anilines is 1. The maximum absolute atomic E-state index is 5.69. The van der Waals surface area contributed by atoms with E-state index in [1.807, 2.05) is 6.07 Å². The number of furan rings is 1. The van der Waals surface area contributed by atoms with Crippen molar-refractivity contribution in [2.24, 2.45) is 0 Å². The molecule has 0 radical (unpaired) electrons. The van der Waals surface area contributed by atoms with Crippen LogP contribution in [0.3, 0.4) is 0 Å². The van der Waals surface area contributed by atoms with Gasteiger partial charge in [-0.15, -0.1) is 0 Å². The zero-order valence-electron chi connectivity index (χ0n) is 8.07. The lowest BCUT2D eigenvalue weighted by molar-refractivity contribution is 0.580. The molecule has 0 unspecified atom stereocenters. The number of pyridine rings is 1. The second-order valence-electron chi connectivity index (χ2n) is 3.30. The van der Waals surface area contributed by atoms with Crippen LogP contribution in [0.5, 0.6) is 0 Å². The molecule has 0 saturated carbocycles. The average molecular weight is 235 g/mol. The van der Waals surface area contributed by atoms with Crippen LogP contribution in [0.15, 0.2) is 28.7 Å². The standard InChI is InChI=1S/C10H7ClN4O/c11-7-3-2-6(16-7)10-13-5-1-4-8(12)14-9(5)15-10/h1-4H,(H3,12,13,14,15). The van der Waals surface area contributed by atoms with Crippen molar-refractivity contribution in [3.63, 3.8) is 0 Å². The normalized spacial score (nSPS) is 11.1. The third-order valence-electron chi connectivity index (χ3n) is 2.17. The second kappa shape index (κ2) is 3.24. The van der Waals surface area contributed by atoms with Crippen molar-refractivity contribution in [1.82, 2.24) is 15.0 Å². The molecule has 3 rings (SSSR count). The first kappa shape index (κ1) is 9.23. The summed E-state index contributed by atoms with van der Waals surface area (Å²) >= 11 is 5.69. The molecule has 0 spiro atoms. The van der Waals surface area contributed by atoms with Gasteiger partial charge in [0.25, 0.3) is 0 Å². The Morgan fingerprint density at radius 2 is 2.06 bits per heavy atom. The largest absolute Gasteiger partial charge is 0.441 e. The predicted octanol–water partition coefficient (Wildman–Crippen LogP) is 2.45. The molecule has 3 N–H and O–H groups in total. The zero-order chi connectivity index (χ0) is 11.1. The lowest BCUT2D eigenvalue weighted by atomic mass is 10.4. The minimum absolute atomic E-state index is 0.322. The molecule has 0 fully saturated rings. The maximum atomic E-state index is 5.69. The maximum Gasteiger partial charge on any atom is 0.194 e. The van der Waals surface area contributed by atoms with E-state index in [0.717, 1.165) is 5.52 Å². The molecule has 3 aromatic rings. The van der Waals surface area contributed by atoms with E-state index in [1.54, 1.807) is 18.2 Å². The van der Waals surface area contributed by atoms with E-state index in [0.29, 0.717) is 28.3 Å². The molecule has 80 valence electrons. The van der Waals surface area contributed by atoms with Crippen LogP contribution in [0.4, 0.5) is 5.82 Å². The number of halogens is 1. The summed E-state index contributed by atoms with van der Waals surface area (Å²) in [5.74, 6) is 1.59. The van der Waals surface area contributed by atoms with Gasteiger partial charge in [0.15, 0.2) is 22.5 Å². The van der Waals surface area contributed by atoms with Crippen LogP contribution in [-0.4, -0.2) is 15.0 Å². The Morgan fingerprint density at radius 3 is 2.81 bits per heavy atom. The summed E-state index contributed by atoms with van der Waals surface area (Å²) in [4.78, 5) is 11.4. The Morgan fingerprint density at radius 1 is 1.19 bits per heavy atom. The highest BCUT2D eigenvalue weighted by atomic mass is 35.5. The summed E-state index contributed by atoms with van der Waals surface area (Å²) in [5, 5.41) is 0.322. The number of hydrogen-bond acceptors (Lipinski definition) is 4. The molecule has 6 heteroatoms. The predicted molar refractivity (Wildman–Crippen MR) is 61.0 cm³/mol. The Labute approximate surface area is 95.3 Å². The smallest absolute Gasteiger partial charge is 0.194 e. The summed E-state index contributed by atoms with van der Waals surface area (Å²) in [6.45, 7) is 0. The van der Waals surface area contributed by atoms with Crippen molar-refractivity contribution in [2.45, 2.75) is 0 Å². The molecule has 3 heterocycles. The summed E-state index contributed by atoms with van der Waals surface area (Å²) in [7, 11) is 0. The van der Waals surface area contributed by atoms with Gasteiger partial charge in [-0.3, -0.25) is 0 Å². The second-order valence-corrected chi connectivity index (χ2v) is 3.67. The van der Waals surface area contributed by atoms with Gasteiger partial charge in [0.2, 0.25) is 0 Å². The first-order valence-corrected chi connectivity index (χ1v) is 4.98.